The zero-order valence-electron chi connectivity index (χ0n) is 7.46. The van der Waals surface area contributed by atoms with Crippen LogP contribution in [0.3, 0.4) is 0 Å². The molecule has 2 N–H and O–H groups in total. The fourth-order valence-corrected chi connectivity index (χ4v) is 1.74. The Kier molecular flexibility index (Phi) is 1.49. The van der Waals surface area contributed by atoms with Crippen molar-refractivity contribution >= 4 is 11.2 Å². The lowest BCUT2D eigenvalue weighted by Crippen LogP contribution is -2.11. The van der Waals surface area contributed by atoms with Crippen molar-refractivity contribution in [2.24, 2.45) is 0 Å². The Morgan fingerprint density at radius 2 is 2.36 bits per heavy atom. The van der Waals surface area contributed by atoms with Crippen LogP contribution in [0.2, 0.25) is 0 Å². The van der Waals surface area contributed by atoms with E-state index in [1.165, 1.54) is 0 Å². The summed E-state index contributed by atoms with van der Waals surface area (Å²) < 4.78 is 5.31. The van der Waals surface area contributed by atoms with E-state index < -0.39 is 0 Å². The first-order valence-electron chi connectivity index (χ1n) is 4.51. The van der Waals surface area contributed by atoms with Crippen molar-refractivity contribution in [3.63, 3.8) is 0 Å². The van der Waals surface area contributed by atoms with Crippen LogP contribution in [0.15, 0.2) is 10.9 Å². The number of nitrogens with zero attached hydrogens (tertiary/aromatic N) is 1. The maximum absolute atomic E-state index is 11.0. The molecule has 0 fully saturated rings. The molecule has 0 spiro atoms. The van der Waals surface area contributed by atoms with E-state index in [0.29, 0.717) is 18.9 Å². The zero-order chi connectivity index (χ0) is 9.54. The summed E-state index contributed by atoms with van der Waals surface area (Å²) in [6.45, 7) is 1.30. The molecule has 72 valence electrons. The number of ether oxygens (including phenoxy) is 1. The van der Waals surface area contributed by atoms with Gasteiger partial charge < -0.3 is 9.72 Å². The van der Waals surface area contributed by atoms with E-state index in [9.17, 15) is 4.79 Å². The maximum atomic E-state index is 11.0. The monoisotopic (exact) mass is 191 g/mol. The van der Waals surface area contributed by atoms with Crippen LogP contribution in [0.25, 0.3) is 11.2 Å². The van der Waals surface area contributed by atoms with Crippen LogP contribution in [0.5, 0.6) is 0 Å². The molecule has 0 bridgehead atoms. The van der Waals surface area contributed by atoms with Gasteiger partial charge in [-0.25, -0.2) is 9.78 Å². The van der Waals surface area contributed by atoms with E-state index in [1.807, 2.05) is 6.07 Å². The minimum Gasteiger partial charge on any atom is -0.376 e. The molecular formula is C9H9N3O2. The largest absolute Gasteiger partial charge is 0.376 e. The van der Waals surface area contributed by atoms with Crippen LogP contribution in [0.1, 0.15) is 11.3 Å². The second-order valence-corrected chi connectivity index (χ2v) is 3.37. The van der Waals surface area contributed by atoms with Gasteiger partial charge in [0.2, 0.25) is 0 Å². The van der Waals surface area contributed by atoms with E-state index in [4.69, 9.17) is 4.74 Å². The molecule has 0 amide bonds. The summed E-state index contributed by atoms with van der Waals surface area (Å²) in [5, 5.41) is 0. The highest BCUT2D eigenvalue weighted by Gasteiger charge is 2.12. The Bertz CT molecular complexity index is 494. The van der Waals surface area contributed by atoms with Gasteiger partial charge in [-0.05, 0) is 6.07 Å². The van der Waals surface area contributed by atoms with E-state index in [0.717, 1.165) is 23.2 Å². The fourth-order valence-electron chi connectivity index (χ4n) is 1.74. The highest BCUT2D eigenvalue weighted by molar-refractivity contribution is 5.71. The van der Waals surface area contributed by atoms with E-state index in [1.54, 1.807) is 0 Å². The number of fused-ring (bicyclic) bond motifs is 2. The van der Waals surface area contributed by atoms with E-state index in [-0.39, 0.29) is 5.69 Å². The third kappa shape index (κ3) is 1.06. The smallest absolute Gasteiger partial charge is 0.325 e. The molecule has 0 atom stereocenters. The van der Waals surface area contributed by atoms with Crippen molar-refractivity contribution in [1.29, 1.82) is 0 Å². The number of hydrogen-bond donors (Lipinski definition) is 2. The highest BCUT2D eigenvalue weighted by Crippen LogP contribution is 2.17. The molecule has 0 saturated carbocycles. The quantitative estimate of drug-likeness (QED) is 0.630. The van der Waals surface area contributed by atoms with E-state index >= 15 is 0 Å². The van der Waals surface area contributed by atoms with Gasteiger partial charge in [0, 0.05) is 12.0 Å². The first-order valence-corrected chi connectivity index (χ1v) is 4.51. The molecule has 14 heavy (non-hydrogen) atoms. The second-order valence-electron chi connectivity index (χ2n) is 3.37. The predicted molar refractivity (Wildman–Crippen MR) is 50.1 cm³/mol. The summed E-state index contributed by atoms with van der Waals surface area (Å²) in [5.74, 6) is 0. The van der Waals surface area contributed by atoms with E-state index in [2.05, 4.69) is 15.0 Å². The normalized spacial score (nSPS) is 15.7. The summed E-state index contributed by atoms with van der Waals surface area (Å²) in [7, 11) is 0. The number of hydrogen-bond acceptors (Lipinski definition) is 3. The third-order valence-electron chi connectivity index (χ3n) is 2.41. The molecular weight excluding hydrogens is 182 g/mol. The Labute approximate surface area is 79.1 Å². The Morgan fingerprint density at radius 3 is 3.29 bits per heavy atom. The lowest BCUT2D eigenvalue weighted by Gasteiger charge is -2.14. The molecule has 0 radical (unpaired) electrons. The minimum atomic E-state index is -0.212. The minimum absolute atomic E-state index is 0.212. The standard InChI is InChI=1S/C9H9N3O2/c13-9-11-7-3-5-4-14-2-1-6(5)10-8(7)12-9/h3H,1-2,4H2,(H2,10,11,12,13). The second kappa shape index (κ2) is 2.68. The Morgan fingerprint density at radius 1 is 1.43 bits per heavy atom. The molecule has 5 nitrogen and oxygen atoms in total. The van der Waals surface area contributed by atoms with Gasteiger partial charge in [0.05, 0.1) is 24.4 Å². The molecule has 1 aliphatic heterocycles. The van der Waals surface area contributed by atoms with Gasteiger partial charge in [0.1, 0.15) is 0 Å². The average Bonchev–Trinajstić information content (AvgIpc) is 2.53. The maximum Gasteiger partial charge on any atom is 0.325 e. The van der Waals surface area contributed by atoms with Crippen molar-refractivity contribution in [3.8, 4) is 0 Å². The highest BCUT2D eigenvalue weighted by atomic mass is 16.5. The van der Waals surface area contributed by atoms with Crippen molar-refractivity contribution in [2.75, 3.05) is 6.61 Å². The van der Waals surface area contributed by atoms with Gasteiger partial charge in [-0.2, -0.15) is 0 Å². The van der Waals surface area contributed by atoms with Gasteiger partial charge in [0.15, 0.2) is 5.65 Å². The predicted octanol–water partition coefficient (Wildman–Crippen LogP) is 0.324. The molecule has 0 unspecified atom stereocenters. The zero-order valence-corrected chi connectivity index (χ0v) is 7.46. The van der Waals surface area contributed by atoms with Crippen molar-refractivity contribution in [2.45, 2.75) is 13.0 Å². The van der Waals surface area contributed by atoms with Gasteiger partial charge >= 0.3 is 5.69 Å². The number of nitrogens with one attached hydrogen (secondary N) is 2. The van der Waals surface area contributed by atoms with Crippen molar-refractivity contribution < 1.29 is 4.74 Å². The van der Waals surface area contributed by atoms with Gasteiger partial charge in [-0.15, -0.1) is 0 Å². The Balaban J connectivity index is 2.31. The molecule has 2 aromatic heterocycles. The SMILES string of the molecule is O=c1[nH]c2cc3c(nc2[nH]1)CCOC3. The first kappa shape index (κ1) is 7.75. The van der Waals surface area contributed by atoms with Gasteiger partial charge in [0.25, 0.3) is 0 Å². The number of imidazole rings is 1. The van der Waals surface area contributed by atoms with Gasteiger partial charge in [-0.3, -0.25) is 4.98 Å². The van der Waals surface area contributed by atoms with Crippen LogP contribution in [0.4, 0.5) is 0 Å². The summed E-state index contributed by atoms with van der Waals surface area (Å²) in [6.07, 6.45) is 0.818. The van der Waals surface area contributed by atoms with Crippen LogP contribution >= 0.6 is 0 Å². The average molecular weight is 191 g/mol. The molecule has 2 aromatic rings. The third-order valence-corrected chi connectivity index (χ3v) is 2.41. The summed E-state index contributed by atoms with van der Waals surface area (Å²) >= 11 is 0. The molecule has 3 heterocycles. The summed E-state index contributed by atoms with van der Waals surface area (Å²) in [5.41, 5.74) is 3.27. The topological polar surface area (TPSA) is 70.8 Å². The molecule has 0 aliphatic carbocycles. The number of rotatable bonds is 0. The van der Waals surface area contributed by atoms with Crippen LogP contribution in [0, 0.1) is 0 Å². The lowest BCUT2D eigenvalue weighted by molar-refractivity contribution is 0.109. The number of H-pyrrole nitrogens is 2. The summed E-state index contributed by atoms with van der Waals surface area (Å²) in [6, 6.07) is 1.93. The number of aromatic nitrogens is 3. The van der Waals surface area contributed by atoms with Crippen LogP contribution in [-0.2, 0) is 17.8 Å². The molecule has 5 heteroatoms. The first-order chi connectivity index (χ1) is 6.83. The molecule has 0 saturated heterocycles. The van der Waals surface area contributed by atoms with Crippen LogP contribution < -0.4 is 5.69 Å². The fraction of sp³-hybridized carbons (Fsp3) is 0.333. The number of pyridine rings is 1. The lowest BCUT2D eigenvalue weighted by atomic mass is 10.1. The molecule has 1 aliphatic rings. The van der Waals surface area contributed by atoms with Gasteiger partial charge in [-0.1, -0.05) is 0 Å². The molecule has 0 aromatic carbocycles. The summed E-state index contributed by atoms with van der Waals surface area (Å²) in [4.78, 5) is 20.7. The Hall–Kier alpha value is -1.62. The van der Waals surface area contributed by atoms with Crippen molar-refractivity contribution in [3.05, 3.63) is 27.8 Å². The number of aromatic amines is 2. The molecule has 3 rings (SSSR count). The van der Waals surface area contributed by atoms with Crippen LogP contribution in [-0.4, -0.2) is 21.6 Å². The van der Waals surface area contributed by atoms with Crippen molar-refractivity contribution in [1.82, 2.24) is 15.0 Å².